The molecule has 0 spiro atoms. The SMILES string of the molecule is C=Cc1ccc(CSc2c(Br)ccc3ccccc23)cc1. The summed E-state index contributed by atoms with van der Waals surface area (Å²) >= 11 is 5.55. The van der Waals surface area contributed by atoms with Crippen LogP contribution in [-0.4, -0.2) is 0 Å². The van der Waals surface area contributed by atoms with Crippen molar-refractivity contribution in [1.82, 2.24) is 0 Å². The van der Waals surface area contributed by atoms with Gasteiger partial charge >= 0.3 is 0 Å². The molecule has 0 amide bonds. The molecule has 3 aromatic carbocycles. The van der Waals surface area contributed by atoms with Gasteiger partial charge in [-0.05, 0) is 43.9 Å². The van der Waals surface area contributed by atoms with Crippen LogP contribution in [0.1, 0.15) is 11.1 Å². The van der Waals surface area contributed by atoms with Crippen LogP contribution in [0.4, 0.5) is 0 Å². The van der Waals surface area contributed by atoms with E-state index in [9.17, 15) is 0 Å². The third-order valence-corrected chi connectivity index (χ3v) is 5.56. The van der Waals surface area contributed by atoms with Gasteiger partial charge in [0.2, 0.25) is 0 Å². The van der Waals surface area contributed by atoms with Gasteiger partial charge in [-0.15, -0.1) is 11.8 Å². The van der Waals surface area contributed by atoms with Crippen molar-refractivity contribution >= 4 is 44.5 Å². The highest BCUT2D eigenvalue weighted by Crippen LogP contribution is 2.36. The molecule has 0 aliphatic heterocycles. The third-order valence-electron chi connectivity index (χ3n) is 3.43. The lowest BCUT2D eigenvalue weighted by Gasteiger charge is -2.09. The molecule has 0 saturated carbocycles. The Morgan fingerprint density at radius 1 is 0.952 bits per heavy atom. The van der Waals surface area contributed by atoms with Crippen LogP contribution < -0.4 is 0 Å². The Morgan fingerprint density at radius 3 is 2.48 bits per heavy atom. The van der Waals surface area contributed by atoms with Crippen molar-refractivity contribution in [2.24, 2.45) is 0 Å². The first kappa shape index (κ1) is 14.4. The molecule has 0 saturated heterocycles. The molecule has 0 bridgehead atoms. The molecule has 0 radical (unpaired) electrons. The highest BCUT2D eigenvalue weighted by molar-refractivity contribution is 9.10. The molecule has 0 unspecified atom stereocenters. The maximum absolute atomic E-state index is 3.79. The first-order valence-electron chi connectivity index (χ1n) is 6.79. The highest BCUT2D eigenvalue weighted by Gasteiger charge is 2.06. The van der Waals surface area contributed by atoms with Gasteiger partial charge in [-0.3, -0.25) is 0 Å². The van der Waals surface area contributed by atoms with Crippen LogP contribution in [0.25, 0.3) is 16.8 Å². The fraction of sp³-hybridized carbons (Fsp3) is 0.0526. The van der Waals surface area contributed by atoms with Gasteiger partial charge in [0.15, 0.2) is 0 Å². The number of hydrogen-bond donors (Lipinski definition) is 0. The average molecular weight is 355 g/mol. The monoisotopic (exact) mass is 354 g/mol. The minimum atomic E-state index is 0.962. The van der Waals surface area contributed by atoms with E-state index in [1.54, 1.807) is 0 Å². The van der Waals surface area contributed by atoms with Gasteiger partial charge in [-0.1, -0.05) is 67.3 Å². The molecule has 104 valence electrons. The van der Waals surface area contributed by atoms with Crippen molar-refractivity contribution in [3.05, 3.63) is 82.8 Å². The van der Waals surface area contributed by atoms with Crippen LogP contribution in [-0.2, 0) is 5.75 Å². The van der Waals surface area contributed by atoms with Crippen LogP contribution in [0.5, 0.6) is 0 Å². The molecule has 0 aliphatic carbocycles. The summed E-state index contributed by atoms with van der Waals surface area (Å²) in [6.07, 6.45) is 1.87. The van der Waals surface area contributed by atoms with Crippen molar-refractivity contribution in [1.29, 1.82) is 0 Å². The van der Waals surface area contributed by atoms with Crippen LogP contribution in [0.3, 0.4) is 0 Å². The normalized spacial score (nSPS) is 10.7. The van der Waals surface area contributed by atoms with Gasteiger partial charge < -0.3 is 0 Å². The zero-order valence-corrected chi connectivity index (χ0v) is 14.0. The Bertz CT molecular complexity index is 775. The van der Waals surface area contributed by atoms with Gasteiger partial charge in [-0.25, -0.2) is 0 Å². The molecule has 0 atom stereocenters. The second-order valence-corrected chi connectivity index (χ2v) is 6.67. The van der Waals surface area contributed by atoms with E-state index in [0.29, 0.717) is 0 Å². The summed E-state index contributed by atoms with van der Waals surface area (Å²) in [5, 5.41) is 2.59. The Kier molecular flexibility index (Phi) is 4.47. The Morgan fingerprint density at radius 2 is 1.71 bits per heavy atom. The van der Waals surface area contributed by atoms with Crippen LogP contribution in [0.15, 0.2) is 76.6 Å². The van der Waals surface area contributed by atoms with Crippen molar-refractivity contribution in [3.8, 4) is 0 Å². The molecule has 21 heavy (non-hydrogen) atoms. The number of thioether (sulfide) groups is 1. The number of hydrogen-bond acceptors (Lipinski definition) is 1. The molecule has 0 N–H and O–H groups in total. The van der Waals surface area contributed by atoms with Gasteiger partial charge in [0.25, 0.3) is 0 Å². The van der Waals surface area contributed by atoms with Crippen LogP contribution in [0, 0.1) is 0 Å². The fourth-order valence-electron chi connectivity index (χ4n) is 2.27. The first-order valence-corrected chi connectivity index (χ1v) is 8.57. The van der Waals surface area contributed by atoms with E-state index >= 15 is 0 Å². The second kappa shape index (κ2) is 6.50. The van der Waals surface area contributed by atoms with Gasteiger partial charge in [0, 0.05) is 15.1 Å². The molecule has 0 aliphatic rings. The lowest BCUT2D eigenvalue weighted by Crippen LogP contribution is -1.84. The largest absolute Gasteiger partial charge is 0.120 e. The van der Waals surface area contributed by atoms with Gasteiger partial charge in [0.05, 0.1) is 0 Å². The fourth-order valence-corrected chi connectivity index (χ4v) is 4.01. The molecule has 0 heterocycles. The van der Waals surface area contributed by atoms with E-state index in [1.807, 2.05) is 17.8 Å². The molecular weight excluding hydrogens is 340 g/mol. The van der Waals surface area contributed by atoms with E-state index < -0.39 is 0 Å². The predicted octanol–water partition coefficient (Wildman–Crippen LogP) is 6.54. The number of rotatable bonds is 4. The first-order chi connectivity index (χ1) is 10.3. The average Bonchev–Trinajstić information content (AvgIpc) is 2.54. The zero-order valence-electron chi connectivity index (χ0n) is 11.6. The van der Waals surface area contributed by atoms with Crippen molar-refractivity contribution in [2.75, 3.05) is 0 Å². The Hall–Kier alpha value is -1.51. The maximum Gasteiger partial charge on any atom is 0.0317 e. The Balaban J connectivity index is 1.87. The minimum absolute atomic E-state index is 0.962. The summed E-state index contributed by atoms with van der Waals surface area (Å²) in [4.78, 5) is 1.31. The summed E-state index contributed by atoms with van der Waals surface area (Å²) in [6.45, 7) is 3.79. The van der Waals surface area contributed by atoms with Crippen LogP contribution >= 0.6 is 27.7 Å². The lowest BCUT2D eigenvalue weighted by atomic mass is 10.1. The van der Waals surface area contributed by atoms with Crippen molar-refractivity contribution in [2.45, 2.75) is 10.6 Å². The van der Waals surface area contributed by atoms with Crippen molar-refractivity contribution in [3.63, 3.8) is 0 Å². The molecule has 3 rings (SSSR count). The van der Waals surface area contributed by atoms with E-state index in [4.69, 9.17) is 0 Å². The van der Waals surface area contributed by atoms with E-state index in [-0.39, 0.29) is 0 Å². The van der Waals surface area contributed by atoms with E-state index in [2.05, 4.69) is 83.2 Å². The number of fused-ring (bicyclic) bond motifs is 1. The standard InChI is InChI=1S/C19H15BrS/c1-2-14-7-9-15(10-8-14)13-21-19-17-6-4-3-5-16(17)11-12-18(19)20/h2-12H,1,13H2. The quantitative estimate of drug-likeness (QED) is 0.479. The Labute approximate surface area is 138 Å². The summed E-state index contributed by atoms with van der Waals surface area (Å²) in [5.74, 6) is 0.962. The summed E-state index contributed by atoms with van der Waals surface area (Å²) in [7, 11) is 0. The minimum Gasteiger partial charge on any atom is -0.120 e. The smallest absolute Gasteiger partial charge is 0.0317 e. The maximum atomic E-state index is 3.79. The molecule has 3 aromatic rings. The molecule has 0 aromatic heterocycles. The number of halogens is 1. The summed E-state index contributed by atoms with van der Waals surface area (Å²) in [5.41, 5.74) is 2.49. The lowest BCUT2D eigenvalue weighted by molar-refractivity contribution is 1.38. The third kappa shape index (κ3) is 3.22. The molecular formula is C19H15BrS. The second-order valence-electron chi connectivity index (χ2n) is 4.83. The summed E-state index contributed by atoms with van der Waals surface area (Å²) in [6, 6.07) is 21.4. The zero-order chi connectivity index (χ0) is 14.7. The number of benzene rings is 3. The molecule has 0 fully saturated rings. The predicted molar refractivity (Wildman–Crippen MR) is 97.7 cm³/mol. The van der Waals surface area contributed by atoms with E-state index in [1.165, 1.54) is 21.2 Å². The van der Waals surface area contributed by atoms with Crippen LogP contribution in [0.2, 0.25) is 0 Å². The van der Waals surface area contributed by atoms with Gasteiger partial charge in [-0.2, -0.15) is 0 Å². The van der Waals surface area contributed by atoms with E-state index in [0.717, 1.165) is 15.8 Å². The summed E-state index contributed by atoms with van der Waals surface area (Å²) < 4.78 is 1.16. The highest BCUT2D eigenvalue weighted by atomic mass is 79.9. The topological polar surface area (TPSA) is 0 Å². The molecule has 2 heteroatoms. The van der Waals surface area contributed by atoms with Crippen molar-refractivity contribution < 1.29 is 0 Å². The molecule has 0 nitrogen and oxygen atoms in total. The van der Waals surface area contributed by atoms with Gasteiger partial charge in [0.1, 0.15) is 0 Å².